The molecule has 1 aliphatic rings. The number of aliphatic imine (C=N–C) groups is 1. The lowest BCUT2D eigenvalue weighted by atomic mass is 9.99. The molecule has 2 unspecified atom stereocenters. The largest absolute Gasteiger partial charge is 0.372 e. The molecule has 34 heavy (non-hydrogen) atoms. The summed E-state index contributed by atoms with van der Waals surface area (Å²) in [6, 6.07) is 12.6. The van der Waals surface area contributed by atoms with E-state index in [1.165, 1.54) is 31.0 Å². The van der Waals surface area contributed by atoms with Crippen LogP contribution in [0.3, 0.4) is 0 Å². The van der Waals surface area contributed by atoms with Gasteiger partial charge in [0, 0.05) is 19.2 Å². The van der Waals surface area contributed by atoms with Gasteiger partial charge in [-0.25, -0.2) is 13.8 Å². The minimum absolute atomic E-state index is 0.00355. The van der Waals surface area contributed by atoms with Crippen molar-refractivity contribution in [3.8, 4) is 0 Å². The number of hydroxylamine groups is 1. The van der Waals surface area contributed by atoms with Gasteiger partial charge in [0.1, 0.15) is 33.5 Å². The summed E-state index contributed by atoms with van der Waals surface area (Å²) in [5, 5.41) is 6.08. The molecule has 10 heteroatoms. The number of benzene rings is 2. The second-order valence-electron chi connectivity index (χ2n) is 7.69. The summed E-state index contributed by atoms with van der Waals surface area (Å²) in [6.45, 7) is 3.87. The summed E-state index contributed by atoms with van der Waals surface area (Å²) in [6.07, 6.45) is 0.261. The molecule has 0 aliphatic carbocycles. The molecule has 0 spiro atoms. The van der Waals surface area contributed by atoms with E-state index in [4.69, 9.17) is 9.57 Å². The molecule has 0 saturated heterocycles. The molecule has 1 heterocycles. The van der Waals surface area contributed by atoms with E-state index >= 15 is 0 Å². The van der Waals surface area contributed by atoms with E-state index in [2.05, 4.69) is 15.6 Å². The molecule has 2 atom stereocenters. The number of thioether (sulfide) groups is 1. The molecule has 3 rings (SSSR count). The number of carbonyl (C=O) groups is 1. The van der Waals surface area contributed by atoms with Crippen LogP contribution in [0.25, 0.3) is 0 Å². The van der Waals surface area contributed by atoms with Gasteiger partial charge in [-0.2, -0.15) is 5.10 Å². The highest BCUT2D eigenvalue weighted by molar-refractivity contribution is 8.15. The molecule has 2 aromatic rings. The van der Waals surface area contributed by atoms with Crippen molar-refractivity contribution < 1.29 is 23.1 Å². The Hall–Kier alpha value is -2.82. The Morgan fingerprint density at radius 2 is 1.97 bits per heavy atom. The van der Waals surface area contributed by atoms with Crippen molar-refractivity contribution in [1.82, 2.24) is 10.5 Å². The van der Waals surface area contributed by atoms with Crippen molar-refractivity contribution in [3.63, 3.8) is 0 Å². The SMILES string of the molecule is CONC(C)=NCCCC1(c2ccccc2)SC(c2cc(F)ccc2F)=NN1C(=O)C(C)OC. The predicted molar refractivity (Wildman–Crippen MR) is 129 cm³/mol. The molecule has 0 fully saturated rings. The zero-order chi connectivity index (χ0) is 24.7. The van der Waals surface area contributed by atoms with Gasteiger partial charge in [-0.3, -0.25) is 20.1 Å². The van der Waals surface area contributed by atoms with Crippen LogP contribution in [0.4, 0.5) is 8.78 Å². The Balaban J connectivity index is 2.04. The number of ether oxygens (including phenoxy) is 1. The minimum Gasteiger partial charge on any atom is -0.372 e. The molecular weight excluding hydrogens is 462 g/mol. The first kappa shape index (κ1) is 25.8. The van der Waals surface area contributed by atoms with Crippen molar-refractivity contribution in [3.05, 3.63) is 71.3 Å². The first-order chi connectivity index (χ1) is 16.3. The fraction of sp³-hybridized carbons (Fsp3) is 0.375. The van der Waals surface area contributed by atoms with Crippen LogP contribution in [0.15, 0.2) is 58.6 Å². The Labute approximate surface area is 202 Å². The summed E-state index contributed by atoms with van der Waals surface area (Å²) >= 11 is 1.22. The van der Waals surface area contributed by atoms with Gasteiger partial charge in [0.05, 0.1) is 7.11 Å². The van der Waals surface area contributed by atoms with Gasteiger partial charge in [0.25, 0.3) is 5.91 Å². The first-order valence-electron chi connectivity index (χ1n) is 10.8. The molecule has 0 saturated carbocycles. The monoisotopic (exact) mass is 490 g/mol. The lowest BCUT2D eigenvalue weighted by Crippen LogP contribution is -2.45. The van der Waals surface area contributed by atoms with Crippen LogP contribution in [0.5, 0.6) is 0 Å². The number of amides is 1. The van der Waals surface area contributed by atoms with Crippen molar-refractivity contribution >= 4 is 28.5 Å². The third-order valence-electron chi connectivity index (χ3n) is 5.36. The number of hydrazone groups is 1. The van der Waals surface area contributed by atoms with Crippen LogP contribution in [0.2, 0.25) is 0 Å². The smallest absolute Gasteiger partial charge is 0.273 e. The van der Waals surface area contributed by atoms with Gasteiger partial charge in [-0.1, -0.05) is 42.1 Å². The number of hydrogen-bond donors (Lipinski definition) is 1. The van der Waals surface area contributed by atoms with Crippen LogP contribution >= 0.6 is 11.8 Å². The molecule has 2 aromatic carbocycles. The molecule has 1 amide bonds. The average molecular weight is 491 g/mol. The number of nitrogens with zero attached hydrogens (tertiary/aromatic N) is 3. The van der Waals surface area contributed by atoms with E-state index in [0.717, 1.165) is 23.8 Å². The quantitative estimate of drug-likeness (QED) is 0.243. The second kappa shape index (κ2) is 11.5. The number of amidine groups is 1. The first-order valence-corrected chi connectivity index (χ1v) is 11.6. The van der Waals surface area contributed by atoms with Crippen LogP contribution in [-0.4, -0.2) is 48.7 Å². The zero-order valence-corrected chi connectivity index (χ0v) is 20.4. The van der Waals surface area contributed by atoms with Crippen molar-refractivity contribution in [2.24, 2.45) is 10.1 Å². The molecular formula is C24H28F2N4O3S. The summed E-state index contributed by atoms with van der Waals surface area (Å²) < 4.78 is 33.9. The molecule has 0 radical (unpaired) electrons. The maximum absolute atomic E-state index is 14.7. The number of methoxy groups -OCH3 is 1. The van der Waals surface area contributed by atoms with E-state index in [0.29, 0.717) is 25.2 Å². The van der Waals surface area contributed by atoms with E-state index in [1.807, 2.05) is 30.3 Å². The Morgan fingerprint density at radius 1 is 1.24 bits per heavy atom. The van der Waals surface area contributed by atoms with Crippen molar-refractivity contribution in [1.29, 1.82) is 0 Å². The summed E-state index contributed by atoms with van der Waals surface area (Å²) in [5.74, 6) is -0.966. The fourth-order valence-electron chi connectivity index (χ4n) is 3.59. The van der Waals surface area contributed by atoms with Crippen LogP contribution < -0.4 is 5.48 Å². The predicted octanol–water partition coefficient (Wildman–Crippen LogP) is 4.44. The van der Waals surface area contributed by atoms with Crippen LogP contribution in [0.1, 0.15) is 37.8 Å². The Bertz CT molecular complexity index is 1070. The third-order valence-corrected chi connectivity index (χ3v) is 6.81. The van der Waals surface area contributed by atoms with Gasteiger partial charge >= 0.3 is 0 Å². The van der Waals surface area contributed by atoms with Gasteiger partial charge in [0.2, 0.25) is 0 Å². The highest BCUT2D eigenvalue weighted by atomic mass is 32.2. The van der Waals surface area contributed by atoms with Crippen molar-refractivity contribution in [2.75, 3.05) is 20.8 Å². The lowest BCUT2D eigenvalue weighted by Gasteiger charge is -2.36. The standard InChI is InChI=1S/C24H28F2N4O3S/c1-16(32-3)23(31)30-24(18-9-6-5-7-10-18,13-8-14-27-17(2)29-33-4)34-22(28-30)20-15-19(25)11-12-21(20)26/h5-7,9-12,15-16H,8,13-14H2,1-4H3,(H,27,29). The minimum atomic E-state index is -0.989. The zero-order valence-electron chi connectivity index (χ0n) is 19.5. The van der Waals surface area contributed by atoms with Gasteiger partial charge in [-0.15, -0.1) is 0 Å². The summed E-state index contributed by atoms with van der Waals surface area (Å²) in [5.41, 5.74) is 3.48. The maximum Gasteiger partial charge on any atom is 0.273 e. The molecule has 182 valence electrons. The average Bonchev–Trinajstić information content (AvgIpc) is 3.23. The molecule has 0 bridgehead atoms. The normalized spacial score (nSPS) is 19.2. The van der Waals surface area contributed by atoms with E-state index < -0.39 is 22.6 Å². The second-order valence-corrected chi connectivity index (χ2v) is 8.95. The number of rotatable bonds is 9. The number of hydrogen-bond acceptors (Lipinski definition) is 6. The summed E-state index contributed by atoms with van der Waals surface area (Å²) in [7, 11) is 2.94. The fourth-order valence-corrected chi connectivity index (χ4v) is 5.02. The Kier molecular flexibility index (Phi) is 8.76. The highest BCUT2D eigenvalue weighted by Gasteiger charge is 2.49. The number of carbonyl (C=O) groups excluding carboxylic acids is 1. The van der Waals surface area contributed by atoms with Crippen molar-refractivity contribution in [2.45, 2.75) is 37.7 Å². The topological polar surface area (TPSA) is 75.5 Å². The number of halogens is 2. The van der Waals surface area contributed by atoms with Gasteiger partial charge in [-0.05, 0) is 50.5 Å². The van der Waals surface area contributed by atoms with Crippen LogP contribution in [0, 0.1) is 11.6 Å². The Morgan fingerprint density at radius 3 is 2.65 bits per heavy atom. The lowest BCUT2D eigenvalue weighted by molar-refractivity contribution is -0.144. The molecule has 0 aromatic heterocycles. The van der Waals surface area contributed by atoms with E-state index in [1.54, 1.807) is 13.8 Å². The summed E-state index contributed by atoms with van der Waals surface area (Å²) in [4.78, 5) is 21.7. The maximum atomic E-state index is 14.7. The van der Waals surface area contributed by atoms with Gasteiger partial charge < -0.3 is 4.74 Å². The molecule has 1 aliphatic heterocycles. The highest BCUT2D eigenvalue weighted by Crippen LogP contribution is 2.51. The third kappa shape index (κ3) is 5.63. The van der Waals surface area contributed by atoms with E-state index in [9.17, 15) is 13.6 Å². The number of nitrogens with one attached hydrogen (secondary N) is 1. The molecule has 7 nitrogen and oxygen atoms in total. The molecule has 1 N–H and O–H groups in total. The van der Waals surface area contributed by atoms with E-state index in [-0.39, 0.29) is 16.5 Å². The van der Waals surface area contributed by atoms with Gasteiger partial charge in [0.15, 0.2) is 0 Å². The van der Waals surface area contributed by atoms with Crippen LogP contribution in [-0.2, 0) is 19.2 Å².